The lowest BCUT2D eigenvalue weighted by atomic mass is 9.96. The maximum atomic E-state index is 12.1. The SMILES string of the molecule is CCc1ccc(-n2c(C)cc([C@H]3[C@H](c4ccccn4)NC(=S)N3c3ccc(NC(=O)COC)c(Cl)c3)c2C)cc1. The summed E-state index contributed by atoms with van der Waals surface area (Å²) < 4.78 is 7.20. The molecule has 1 saturated heterocycles. The number of nitrogens with one attached hydrogen (secondary N) is 2. The van der Waals surface area contributed by atoms with E-state index in [1.54, 1.807) is 12.3 Å². The lowest BCUT2D eigenvalue weighted by Gasteiger charge is -2.28. The Morgan fingerprint density at radius 2 is 1.85 bits per heavy atom. The summed E-state index contributed by atoms with van der Waals surface area (Å²) in [6, 6.07) is 22.0. The van der Waals surface area contributed by atoms with Crippen LogP contribution in [0.1, 0.15) is 47.2 Å². The van der Waals surface area contributed by atoms with Crippen LogP contribution in [-0.4, -0.2) is 34.3 Å². The smallest absolute Gasteiger partial charge is 0.250 e. The molecule has 7 nitrogen and oxygen atoms in total. The molecule has 0 aliphatic carbocycles. The van der Waals surface area contributed by atoms with Crippen molar-refractivity contribution < 1.29 is 9.53 Å². The fourth-order valence-electron chi connectivity index (χ4n) is 5.39. The summed E-state index contributed by atoms with van der Waals surface area (Å²) in [6.45, 7) is 6.38. The summed E-state index contributed by atoms with van der Waals surface area (Å²) in [7, 11) is 1.47. The standard InChI is InChI=1S/C31H32ClN5O2S/c1-5-21-9-11-22(12-10-21)36-19(2)16-24(20(36)3)30-29(27-8-6-7-15-33-27)35-31(40)37(30)23-13-14-26(25(32)17-23)34-28(38)18-39-4/h6-17,29-30H,5,18H2,1-4H3,(H,34,38)(H,35,40)/t29-,30-/m0/s1. The first-order valence-corrected chi connectivity index (χ1v) is 14.0. The maximum Gasteiger partial charge on any atom is 0.250 e. The van der Waals surface area contributed by atoms with E-state index >= 15 is 0 Å². The van der Waals surface area contributed by atoms with E-state index in [0.717, 1.165) is 40.4 Å². The van der Waals surface area contributed by atoms with Gasteiger partial charge in [-0.2, -0.15) is 0 Å². The molecule has 206 valence electrons. The van der Waals surface area contributed by atoms with Crippen LogP contribution in [0, 0.1) is 13.8 Å². The Morgan fingerprint density at radius 1 is 1.10 bits per heavy atom. The molecule has 0 radical (unpaired) electrons. The number of hydrogen-bond acceptors (Lipinski definition) is 4. The van der Waals surface area contributed by atoms with Gasteiger partial charge in [-0.15, -0.1) is 0 Å². The van der Waals surface area contributed by atoms with E-state index in [0.29, 0.717) is 15.8 Å². The number of nitrogens with zero attached hydrogens (tertiary/aromatic N) is 3. The first-order chi connectivity index (χ1) is 19.3. The molecule has 2 aromatic heterocycles. The topological polar surface area (TPSA) is 71.4 Å². The number of benzene rings is 2. The molecule has 9 heteroatoms. The van der Waals surface area contributed by atoms with Crippen LogP contribution in [0.15, 0.2) is 72.9 Å². The second kappa shape index (κ2) is 11.8. The van der Waals surface area contributed by atoms with Crippen LogP contribution >= 0.6 is 23.8 Å². The Hall–Kier alpha value is -3.72. The lowest BCUT2D eigenvalue weighted by molar-refractivity contribution is -0.119. The van der Waals surface area contributed by atoms with Crippen LogP contribution < -0.4 is 15.5 Å². The van der Waals surface area contributed by atoms with Crippen LogP contribution in [0.5, 0.6) is 0 Å². The molecule has 5 rings (SSSR count). The van der Waals surface area contributed by atoms with E-state index in [1.165, 1.54) is 12.7 Å². The van der Waals surface area contributed by atoms with E-state index in [2.05, 4.69) is 76.2 Å². The number of halogens is 1. The van der Waals surface area contributed by atoms with Crippen molar-refractivity contribution in [3.05, 3.63) is 106 Å². The van der Waals surface area contributed by atoms with Gasteiger partial charge in [0, 0.05) is 36.1 Å². The number of carbonyl (C=O) groups is 1. The molecule has 1 fully saturated rings. The quantitative estimate of drug-likeness (QED) is 0.236. The first kappa shape index (κ1) is 27.8. The number of hydrogen-bond donors (Lipinski definition) is 2. The number of methoxy groups -OCH3 is 1. The number of thiocarbonyl (C=S) groups is 1. The van der Waals surface area contributed by atoms with Gasteiger partial charge < -0.3 is 24.8 Å². The molecule has 4 aromatic rings. The Labute approximate surface area is 245 Å². The van der Waals surface area contributed by atoms with E-state index in [-0.39, 0.29) is 24.6 Å². The van der Waals surface area contributed by atoms with E-state index in [1.807, 2.05) is 30.3 Å². The molecule has 0 bridgehead atoms. The van der Waals surface area contributed by atoms with Crippen LogP contribution in [0.3, 0.4) is 0 Å². The fourth-order valence-corrected chi connectivity index (χ4v) is 5.95. The van der Waals surface area contributed by atoms with E-state index in [9.17, 15) is 4.79 Å². The second-order valence-corrected chi connectivity index (χ2v) is 10.6. The third-order valence-corrected chi connectivity index (χ3v) is 7.90. The summed E-state index contributed by atoms with van der Waals surface area (Å²) >= 11 is 12.6. The molecule has 40 heavy (non-hydrogen) atoms. The molecule has 2 atom stereocenters. The molecule has 2 aromatic carbocycles. The zero-order chi connectivity index (χ0) is 28.4. The van der Waals surface area contributed by atoms with Gasteiger partial charge in [0.1, 0.15) is 6.61 Å². The van der Waals surface area contributed by atoms with Gasteiger partial charge in [-0.05, 0) is 92.1 Å². The molecule has 1 amide bonds. The molecule has 0 saturated carbocycles. The largest absolute Gasteiger partial charge is 0.375 e. The highest BCUT2D eigenvalue weighted by molar-refractivity contribution is 7.80. The number of ether oxygens (including phenoxy) is 1. The first-order valence-electron chi connectivity index (χ1n) is 13.2. The molecule has 2 N–H and O–H groups in total. The van der Waals surface area contributed by atoms with Gasteiger partial charge in [0.25, 0.3) is 0 Å². The van der Waals surface area contributed by atoms with Crippen molar-refractivity contribution in [1.29, 1.82) is 0 Å². The number of amides is 1. The molecular weight excluding hydrogens is 542 g/mol. The third-order valence-electron chi connectivity index (χ3n) is 7.27. The molecule has 1 aliphatic rings. The molecule has 3 heterocycles. The van der Waals surface area contributed by atoms with E-state index < -0.39 is 0 Å². The minimum Gasteiger partial charge on any atom is -0.375 e. The Morgan fingerprint density at radius 3 is 2.50 bits per heavy atom. The predicted octanol–water partition coefficient (Wildman–Crippen LogP) is 6.47. The maximum absolute atomic E-state index is 12.1. The summed E-state index contributed by atoms with van der Waals surface area (Å²) in [4.78, 5) is 18.8. The normalized spacial score (nSPS) is 16.7. The van der Waals surface area contributed by atoms with Crippen molar-refractivity contribution in [2.45, 2.75) is 39.3 Å². The summed E-state index contributed by atoms with van der Waals surface area (Å²) in [5, 5.41) is 7.29. The predicted molar refractivity (Wildman–Crippen MR) is 165 cm³/mol. The number of pyridine rings is 1. The molecular formula is C31H32ClN5O2S. The fraction of sp³-hybridized carbons (Fsp3) is 0.258. The van der Waals surface area contributed by atoms with Gasteiger partial charge in [-0.3, -0.25) is 9.78 Å². The van der Waals surface area contributed by atoms with E-state index in [4.69, 9.17) is 28.6 Å². The summed E-state index contributed by atoms with van der Waals surface area (Å²) in [6.07, 6.45) is 2.80. The second-order valence-electron chi connectivity index (χ2n) is 9.82. The molecule has 0 unspecified atom stereocenters. The molecule has 1 aliphatic heterocycles. The number of aromatic nitrogens is 2. The highest BCUT2D eigenvalue weighted by Crippen LogP contribution is 2.44. The van der Waals surface area contributed by atoms with Crippen LogP contribution in [0.25, 0.3) is 5.69 Å². The van der Waals surface area contributed by atoms with Gasteiger partial charge in [-0.25, -0.2) is 0 Å². The highest BCUT2D eigenvalue weighted by Gasteiger charge is 2.42. The van der Waals surface area contributed by atoms with Crippen LogP contribution in [0.2, 0.25) is 5.02 Å². The Balaban J connectivity index is 1.59. The Kier molecular flexibility index (Phi) is 8.21. The van der Waals surface area contributed by atoms with Crippen molar-refractivity contribution in [3.63, 3.8) is 0 Å². The number of anilines is 2. The highest BCUT2D eigenvalue weighted by atomic mass is 35.5. The summed E-state index contributed by atoms with van der Waals surface area (Å²) in [5.41, 5.74) is 8.02. The Bertz CT molecular complexity index is 1540. The van der Waals surface area contributed by atoms with Gasteiger partial charge in [0.2, 0.25) is 5.91 Å². The minimum atomic E-state index is -0.275. The van der Waals surface area contributed by atoms with Crippen molar-refractivity contribution in [2.24, 2.45) is 0 Å². The average molecular weight is 574 g/mol. The third kappa shape index (κ3) is 5.35. The molecule has 0 spiro atoms. The van der Waals surface area contributed by atoms with Crippen molar-refractivity contribution in [2.75, 3.05) is 23.9 Å². The number of rotatable bonds is 8. The average Bonchev–Trinajstić information content (AvgIpc) is 3.45. The van der Waals surface area contributed by atoms with Gasteiger partial charge in [-0.1, -0.05) is 36.7 Å². The van der Waals surface area contributed by atoms with Crippen LogP contribution in [-0.2, 0) is 16.0 Å². The zero-order valence-corrected chi connectivity index (χ0v) is 24.5. The van der Waals surface area contributed by atoms with Crippen molar-refractivity contribution in [1.82, 2.24) is 14.9 Å². The number of carbonyl (C=O) groups excluding carboxylic acids is 1. The monoisotopic (exact) mass is 573 g/mol. The zero-order valence-electron chi connectivity index (χ0n) is 22.9. The van der Waals surface area contributed by atoms with Gasteiger partial charge in [0.05, 0.1) is 28.5 Å². The van der Waals surface area contributed by atoms with Gasteiger partial charge in [0.15, 0.2) is 5.11 Å². The van der Waals surface area contributed by atoms with Gasteiger partial charge >= 0.3 is 0 Å². The summed E-state index contributed by atoms with van der Waals surface area (Å²) in [5.74, 6) is -0.275. The number of aryl methyl sites for hydroxylation is 2. The van der Waals surface area contributed by atoms with Crippen molar-refractivity contribution in [3.8, 4) is 5.69 Å². The lowest BCUT2D eigenvalue weighted by Crippen LogP contribution is -2.29. The van der Waals surface area contributed by atoms with Crippen molar-refractivity contribution >= 4 is 46.2 Å². The minimum absolute atomic E-state index is 0.0527. The van der Waals surface area contributed by atoms with Crippen LogP contribution in [0.4, 0.5) is 11.4 Å².